The molecule has 1 atom stereocenters. The largest absolute Gasteiger partial charge is 0.372 e. The highest BCUT2D eigenvalue weighted by molar-refractivity contribution is 5.42. The van der Waals surface area contributed by atoms with Crippen LogP contribution in [0.5, 0.6) is 0 Å². The molecule has 0 aliphatic rings. The summed E-state index contributed by atoms with van der Waals surface area (Å²) in [6, 6.07) is 19.6. The molecular formula is C15H13NO. The zero-order valence-corrected chi connectivity index (χ0v) is 9.63. The third kappa shape index (κ3) is 2.35. The fourth-order valence-electron chi connectivity index (χ4n) is 1.90. The third-order valence-corrected chi connectivity index (χ3v) is 2.70. The number of rotatable bonds is 3. The lowest BCUT2D eigenvalue weighted by atomic mass is 9.97. The van der Waals surface area contributed by atoms with Crippen molar-refractivity contribution >= 4 is 0 Å². The molecule has 2 aromatic carbocycles. The number of nitrogens with zero attached hydrogens (tertiary/aromatic N) is 1. The predicted molar refractivity (Wildman–Crippen MR) is 66.5 cm³/mol. The molecule has 1 unspecified atom stereocenters. The first-order valence-electron chi connectivity index (χ1n) is 5.43. The number of benzene rings is 2. The van der Waals surface area contributed by atoms with Gasteiger partial charge in [0.1, 0.15) is 6.10 Å². The van der Waals surface area contributed by atoms with Crippen LogP contribution in [0.2, 0.25) is 0 Å². The maximum absolute atomic E-state index is 9.10. The normalized spacial score (nSPS) is 11.8. The van der Waals surface area contributed by atoms with E-state index in [4.69, 9.17) is 10.00 Å². The first-order valence-corrected chi connectivity index (χ1v) is 5.43. The Morgan fingerprint density at radius 3 is 2.29 bits per heavy atom. The van der Waals surface area contributed by atoms with Gasteiger partial charge in [-0.3, -0.25) is 0 Å². The number of hydrogen-bond acceptors (Lipinski definition) is 2. The molecule has 0 amide bonds. The molecule has 0 N–H and O–H groups in total. The quantitative estimate of drug-likeness (QED) is 0.799. The summed E-state index contributed by atoms with van der Waals surface area (Å²) in [4.78, 5) is 0. The van der Waals surface area contributed by atoms with Crippen molar-refractivity contribution < 1.29 is 4.74 Å². The van der Waals surface area contributed by atoms with Crippen LogP contribution in [0.1, 0.15) is 22.8 Å². The number of nitriles is 1. The van der Waals surface area contributed by atoms with Crippen LogP contribution in [0.15, 0.2) is 54.6 Å². The molecular weight excluding hydrogens is 210 g/mol. The molecule has 0 spiro atoms. The standard InChI is InChI=1S/C15H13NO/c1-17-15(12-7-3-2-4-8-12)14-10-6-5-9-13(14)11-16/h2-10,15H,1H3. The highest BCUT2D eigenvalue weighted by Crippen LogP contribution is 2.27. The summed E-state index contributed by atoms with van der Waals surface area (Å²) in [6.07, 6.45) is -0.188. The molecule has 84 valence electrons. The van der Waals surface area contributed by atoms with Gasteiger partial charge in [-0.2, -0.15) is 5.26 Å². The average Bonchev–Trinajstić information content (AvgIpc) is 2.41. The zero-order valence-electron chi connectivity index (χ0n) is 9.63. The topological polar surface area (TPSA) is 33.0 Å². The van der Waals surface area contributed by atoms with Gasteiger partial charge < -0.3 is 4.74 Å². The maximum Gasteiger partial charge on any atom is 0.108 e. The van der Waals surface area contributed by atoms with Crippen LogP contribution < -0.4 is 0 Å². The van der Waals surface area contributed by atoms with E-state index in [0.717, 1.165) is 11.1 Å². The van der Waals surface area contributed by atoms with Gasteiger partial charge in [0.05, 0.1) is 11.6 Å². The maximum atomic E-state index is 9.10. The highest BCUT2D eigenvalue weighted by atomic mass is 16.5. The van der Waals surface area contributed by atoms with E-state index in [1.54, 1.807) is 7.11 Å². The Labute approximate surface area is 101 Å². The van der Waals surface area contributed by atoms with Crippen molar-refractivity contribution in [3.05, 3.63) is 71.3 Å². The molecule has 0 aromatic heterocycles. The van der Waals surface area contributed by atoms with E-state index in [-0.39, 0.29) is 6.10 Å². The molecule has 0 fully saturated rings. The van der Waals surface area contributed by atoms with Crippen LogP contribution in [0, 0.1) is 11.3 Å². The lowest BCUT2D eigenvalue weighted by molar-refractivity contribution is 0.136. The third-order valence-electron chi connectivity index (χ3n) is 2.70. The zero-order chi connectivity index (χ0) is 12.1. The SMILES string of the molecule is COC(c1ccccc1)c1ccccc1C#N. The van der Waals surface area contributed by atoms with Gasteiger partial charge in [0, 0.05) is 12.7 Å². The molecule has 2 rings (SSSR count). The second-order valence-electron chi connectivity index (χ2n) is 3.73. The summed E-state index contributed by atoms with van der Waals surface area (Å²) in [6.45, 7) is 0. The van der Waals surface area contributed by atoms with Crippen molar-refractivity contribution in [2.75, 3.05) is 7.11 Å². The van der Waals surface area contributed by atoms with Crippen LogP contribution in [-0.4, -0.2) is 7.11 Å². The molecule has 0 aliphatic carbocycles. The Bertz CT molecular complexity index is 528. The van der Waals surface area contributed by atoms with E-state index < -0.39 is 0 Å². The summed E-state index contributed by atoms with van der Waals surface area (Å²) >= 11 is 0. The van der Waals surface area contributed by atoms with Crippen molar-refractivity contribution in [3.63, 3.8) is 0 Å². The minimum Gasteiger partial charge on any atom is -0.372 e. The van der Waals surface area contributed by atoms with E-state index in [1.807, 2.05) is 54.6 Å². The number of methoxy groups -OCH3 is 1. The van der Waals surface area contributed by atoms with Gasteiger partial charge >= 0.3 is 0 Å². The second-order valence-corrected chi connectivity index (χ2v) is 3.73. The fraction of sp³-hybridized carbons (Fsp3) is 0.133. The van der Waals surface area contributed by atoms with Crippen molar-refractivity contribution in [2.45, 2.75) is 6.10 Å². The Balaban J connectivity index is 2.47. The summed E-state index contributed by atoms with van der Waals surface area (Å²) in [5.41, 5.74) is 2.62. The Hall–Kier alpha value is -2.11. The van der Waals surface area contributed by atoms with Gasteiger partial charge in [-0.25, -0.2) is 0 Å². The summed E-state index contributed by atoms with van der Waals surface area (Å²) in [5.74, 6) is 0. The summed E-state index contributed by atoms with van der Waals surface area (Å²) in [7, 11) is 1.66. The molecule has 2 nitrogen and oxygen atoms in total. The summed E-state index contributed by atoms with van der Waals surface area (Å²) < 4.78 is 5.51. The lowest BCUT2D eigenvalue weighted by Crippen LogP contribution is -2.05. The smallest absolute Gasteiger partial charge is 0.108 e. The molecule has 2 aromatic rings. The first kappa shape index (κ1) is 11.4. The van der Waals surface area contributed by atoms with Crippen molar-refractivity contribution in [3.8, 4) is 6.07 Å². The van der Waals surface area contributed by atoms with Crippen LogP contribution in [0.3, 0.4) is 0 Å². The molecule has 0 saturated heterocycles. The van der Waals surface area contributed by atoms with Crippen LogP contribution in [-0.2, 0) is 4.74 Å². The van der Waals surface area contributed by atoms with E-state index in [0.29, 0.717) is 5.56 Å². The van der Waals surface area contributed by atoms with Gasteiger partial charge in [0.2, 0.25) is 0 Å². The van der Waals surface area contributed by atoms with Gasteiger partial charge in [-0.05, 0) is 11.6 Å². The van der Waals surface area contributed by atoms with E-state index >= 15 is 0 Å². The van der Waals surface area contributed by atoms with Crippen LogP contribution in [0.25, 0.3) is 0 Å². The highest BCUT2D eigenvalue weighted by Gasteiger charge is 2.15. The second kappa shape index (κ2) is 5.29. The van der Waals surface area contributed by atoms with Gasteiger partial charge in [-0.15, -0.1) is 0 Å². The van der Waals surface area contributed by atoms with Crippen molar-refractivity contribution in [1.82, 2.24) is 0 Å². The molecule has 0 radical (unpaired) electrons. The Morgan fingerprint density at radius 2 is 1.65 bits per heavy atom. The molecule has 0 bridgehead atoms. The Kier molecular flexibility index (Phi) is 3.54. The van der Waals surface area contributed by atoms with Crippen molar-refractivity contribution in [1.29, 1.82) is 5.26 Å². The van der Waals surface area contributed by atoms with E-state index in [9.17, 15) is 0 Å². The molecule has 17 heavy (non-hydrogen) atoms. The molecule has 0 heterocycles. The minimum atomic E-state index is -0.188. The van der Waals surface area contributed by atoms with Crippen molar-refractivity contribution in [2.24, 2.45) is 0 Å². The number of ether oxygens (including phenoxy) is 1. The average molecular weight is 223 g/mol. The molecule has 0 aliphatic heterocycles. The number of hydrogen-bond donors (Lipinski definition) is 0. The molecule has 0 saturated carbocycles. The monoisotopic (exact) mass is 223 g/mol. The Morgan fingerprint density at radius 1 is 1.00 bits per heavy atom. The van der Waals surface area contributed by atoms with Gasteiger partial charge in [0.15, 0.2) is 0 Å². The fourth-order valence-corrected chi connectivity index (χ4v) is 1.90. The molecule has 2 heteroatoms. The van der Waals surface area contributed by atoms with Crippen LogP contribution in [0.4, 0.5) is 0 Å². The van der Waals surface area contributed by atoms with Gasteiger partial charge in [0.25, 0.3) is 0 Å². The minimum absolute atomic E-state index is 0.188. The summed E-state index contributed by atoms with van der Waals surface area (Å²) in [5, 5.41) is 9.10. The van der Waals surface area contributed by atoms with Gasteiger partial charge in [-0.1, -0.05) is 48.5 Å². The first-order chi connectivity index (χ1) is 8.36. The lowest BCUT2D eigenvalue weighted by Gasteiger charge is -2.17. The van der Waals surface area contributed by atoms with Crippen LogP contribution >= 0.6 is 0 Å². The predicted octanol–water partition coefficient (Wildman–Crippen LogP) is 3.29. The van der Waals surface area contributed by atoms with E-state index in [2.05, 4.69) is 6.07 Å². The van der Waals surface area contributed by atoms with E-state index in [1.165, 1.54) is 0 Å².